The van der Waals surface area contributed by atoms with Gasteiger partial charge in [-0.05, 0) is 33.6 Å². The van der Waals surface area contributed by atoms with Gasteiger partial charge in [0.2, 0.25) is 11.8 Å². The molecule has 1 aliphatic carbocycles. The first kappa shape index (κ1) is 16.9. The van der Waals surface area contributed by atoms with Crippen molar-refractivity contribution in [2.24, 2.45) is 11.8 Å². The quantitative estimate of drug-likeness (QED) is 0.806. The number of aryl methyl sites for hydroxylation is 3. The van der Waals surface area contributed by atoms with Crippen LogP contribution in [0.5, 0.6) is 0 Å². The van der Waals surface area contributed by atoms with Crippen LogP contribution in [-0.4, -0.2) is 57.2 Å². The Morgan fingerprint density at radius 3 is 2.59 bits per heavy atom. The third-order valence-electron chi connectivity index (χ3n) is 6.43. The first-order valence-electron chi connectivity index (χ1n) is 9.70. The van der Waals surface area contributed by atoms with E-state index in [0.29, 0.717) is 30.1 Å². The molecule has 0 N–H and O–H groups in total. The van der Waals surface area contributed by atoms with Crippen LogP contribution in [0.4, 0.5) is 0 Å². The zero-order chi connectivity index (χ0) is 18.8. The molecule has 0 bridgehead atoms. The summed E-state index contributed by atoms with van der Waals surface area (Å²) in [5.41, 5.74) is 1.82. The summed E-state index contributed by atoms with van der Waals surface area (Å²) >= 11 is 0. The lowest BCUT2D eigenvalue weighted by Gasteiger charge is -2.26. The number of aromatic nitrogens is 3. The summed E-state index contributed by atoms with van der Waals surface area (Å²) < 4.78 is 11.0. The number of rotatable bonds is 4. The van der Waals surface area contributed by atoms with Crippen LogP contribution in [0.2, 0.25) is 0 Å². The molecular formula is C19H25N5O3. The normalized spacial score (nSPS) is 28.1. The SMILES string of the molecule is Cc1noc(C23CN(Cc4c(C)noc4C)CC2CN(C(=O)C2CC2)C3)n1. The largest absolute Gasteiger partial charge is 0.361 e. The Morgan fingerprint density at radius 2 is 1.96 bits per heavy atom. The lowest BCUT2D eigenvalue weighted by Crippen LogP contribution is -2.40. The Hall–Kier alpha value is -2.22. The Kier molecular flexibility index (Phi) is 3.69. The summed E-state index contributed by atoms with van der Waals surface area (Å²) in [5.74, 6) is 3.05. The summed E-state index contributed by atoms with van der Waals surface area (Å²) in [6, 6.07) is 0. The first-order chi connectivity index (χ1) is 13.0. The molecule has 1 saturated carbocycles. The number of fused-ring (bicyclic) bond motifs is 1. The number of carbonyl (C=O) groups excluding carboxylic acids is 1. The van der Waals surface area contributed by atoms with Crippen molar-refractivity contribution in [2.45, 2.75) is 45.6 Å². The number of likely N-dealkylation sites (tertiary alicyclic amines) is 2. The lowest BCUT2D eigenvalue weighted by atomic mass is 9.81. The van der Waals surface area contributed by atoms with Gasteiger partial charge in [0.1, 0.15) is 5.76 Å². The molecule has 2 atom stereocenters. The molecule has 2 aliphatic heterocycles. The van der Waals surface area contributed by atoms with Crippen molar-refractivity contribution in [1.82, 2.24) is 25.1 Å². The maximum absolute atomic E-state index is 12.7. The second-order valence-electron chi connectivity index (χ2n) is 8.47. The zero-order valence-electron chi connectivity index (χ0n) is 16.1. The van der Waals surface area contributed by atoms with Crippen molar-refractivity contribution >= 4 is 5.91 Å². The molecule has 2 saturated heterocycles. The summed E-state index contributed by atoms with van der Waals surface area (Å²) in [4.78, 5) is 21.7. The summed E-state index contributed by atoms with van der Waals surface area (Å²) in [6.45, 7) is 9.73. The smallest absolute Gasteiger partial charge is 0.236 e. The summed E-state index contributed by atoms with van der Waals surface area (Å²) in [6.07, 6.45) is 2.07. The van der Waals surface area contributed by atoms with E-state index >= 15 is 0 Å². The lowest BCUT2D eigenvalue weighted by molar-refractivity contribution is -0.132. The average molecular weight is 371 g/mol. The average Bonchev–Trinajstić information content (AvgIpc) is 2.99. The van der Waals surface area contributed by atoms with Crippen molar-refractivity contribution in [2.75, 3.05) is 26.2 Å². The van der Waals surface area contributed by atoms with Crippen LogP contribution < -0.4 is 0 Å². The van der Waals surface area contributed by atoms with Gasteiger partial charge in [-0.3, -0.25) is 9.69 Å². The highest BCUT2D eigenvalue weighted by Gasteiger charge is 2.58. The predicted octanol–water partition coefficient (Wildman–Crippen LogP) is 1.60. The molecule has 3 fully saturated rings. The van der Waals surface area contributed by atoms with E-state index in [9.17, 15) is 4.79 Å². The maximum Gasteiger partial charge on any atom is 0.236 e. The molecule has 5 rings (SSSR count). The molecule has 0 spiro atoms. The molecule has 4 heterocycles. The predicted molar refractivity (Wildman–Crippen MR) is 94.8 cm³/mol. The van der Waals surface area contributed by atoms with Gasteiger partial charge in [-0.2, -0.15) is 4.98 Å². The van der Waals surface area contributed by atoms with Crippen LogP contribution in [0.15, 0.2) is 9.05 Å². The van der Waals surface area contributed by atoms with Gasteiger partial charge in [-0.15, -0.1) is 0 Å². The van der Waals surface area contributed by atoms with Crippen LogP contribution in [0.25, 0.3) is 0 Å². The van der Waals surface area contributed by atoms with E-state index in [1.54, 1.807) is 0 Å². The summed E-state index contributed by atoms with van der Waals surface area (Å²) in [5, 5.41) is 8.11. The Labute approximate surface area is 157 Å². The molecular weight excluding hydrogens is 346 g/mol. The van der Waals surface area contributed by atoms with Crippen molar-refractivity contribution in [3.8, 4) is 0 Å². The Morgan fingerprint density at radius 1 is 1.15 bits per heavy atom. The maximum atomic E-state index is 12.7. The number of carbonyl (C=O) groups is 1. The highest BCUT2D eigenvalue weighted by atomic mass is 16.5. The Bertz CT molecular complexity index is 866. The van der Waals surface area contributed by atoms with E-state index in [1.165, 1.54) is 0 Å². The van der Waals surface area contributed by atoms with E-state index in [1.807, 2.05) is 25.7 Å². The zero-order valence-corrected chi connectivity index (χ0v) is 16.1. The molecule has 0 aromatic carbocycles. The van der Waals surface area contributed by atoms with Crippen LogP contribution in [0.1, 0.15) is 41.6 Å². The molecule has 144 valence electrons. The number of amides is 1. The second kappa shape index (κ2) is 5.89. The monoisotopic (exact) mass is 371 g/mol. The van der Waals surface area contributed by atoms with Crippen LogP contribution >= 0.6 is 0 Å². The standard InChI is InChI=1S/C19H25N5O3/c1-11-16(12(2)26-21-11)8-23-6-15-7-24(17(25)14-4-5-14)10-19(15,9-23)18-20-13(3)22-27-18/h14-15H,4-10H2,1-3H3. The van der Waals surface area contributed by atoms with E-state index in [2.05, 4.69) is 20.2 Å². The first-order valence-corrected chi connectivity index (χ1v) is 9.70. The van der Waals surface area contributed by atoms with Crippen molar-refractivity contribution in [1.29, 1.82) is 0 Å². The number of nitrogens with zero attached hydrogens (tertiary/aromatic N) is 5. The number of hydrogen-bond donors (Lipinski definition) is 0. The molecule has 3 aliphatic rings. The van der Waals surface area contributed by atoms with Gasteiger partial charge in [-0.1, -0.05) is 10.3 Å². The van der Waals surface area contributed by atoms with Crippen LogP contribution in [0.3, 0.4) is 0 Å². The molecule has 2 aromatic rings. The molecule has 8 nitrogen and oxygen atoms in total. The van der Waals surface area contributed by atoms with Gasteiger partial charge in [-0.25, -0.2) is 0 Å². The van der Waals surface area contributed by atoms with Crippen molar-refractivity contribution in [3.63, 3.8) is 0 Å². The molecule has 2 unspecified atom stereocenters. The highest BCUT2D eigenvalue weighted by Crippen LogP contribution is 2.46. The van der Waals surface area contributed by atoms with Gasteiger partial charge in [0.05, 0.1) is 11.1 Å². The van der Waals surface area contributed by atoms with E-state index in [0.717, 1.165) is 56.0 Å². The van der Waals surface area contributed by atoms with Crippen molar-refractivity contribution in [3.05, 3.63) is 28.7 Å². The summed E-state index contributed by atoms with van der Waals surface area (Å²) in [7, 11) is 0. The fourth-order valence-corrected chi connectivity index (χ4v) is 4.80. The van der Waals surface area contributed by atoms with Crippen LogP contribution in [-0.2, 0) is 16.8 Å². The molecule has 1 amide bonds. The van der Waals surface area contributed by atoms with E-state index in [-0.39, 0.29) is 11.3 Å². The minimum atomic E-state index is -0.273. The Balaban J connectivity index is 1.42. The molecule has 27 heavy (non-hydrogen) atoms. The van der Waals surface area contributed by atoms with E-state index in [4.69, 9.17) is 9.05 Å². The van der Waals surface area contributed by atoms with Gasteiger partial charge in [0.25, 0.3) is 0 Å². The van der Waals surface area contributed by atoms with Gasteiger partial charge < -0.3 is 13.9 Å². The van der Waals surface area contributed by atoms with Crippen molar-refractivity contribution < 1.29 is 13.8 Å². The van der Waals surface area contributed by atoms with Gasteiger partial charge >= 0.3 is 0 Å². The molecule has 2 aromatic heterocycles. The van der Waals surface area contributed by atoms with Gasteiger partial charge in [0, 0.05) is 50.1 Å². The highest BCUT2D eigenvalue weighted by molar-refractivity contribution is 5.81. The third-order valence-corrected chi connectivity index (χ3v) is 6.43. The van der Waals surface area contributed by atoms with E-state index < -0.39 is 0 Å². The fraction of sp³-hybridized carbons (Fsp3) is 0.684. The molecule has 8 heteroatoms. The molecule has 0 radical (unpaired) electrons. The van der Waals surface area contributed by atoms with Crippen LogP contribution in [0, 0.1) is 32.6 Å². The minimum Gasteiger partial charge on any atom is -0.361 e. The third kappa shape index (κ3) is 2.69. The fourth-order valence-electron chi connectivity index (χ4n) is 4.80. The topological polar surface area (TPSA) is 88.5 Å². The number of hydrogen-bond acceptors (Lipinski definition) is 7. The second-order valence-corrected chi connectivity index (χ2v) is 8.47. The minimum absolute atomic E-state index is 0.240. The van der Waals surface area contributed by atoms with Gasteiger partial charge in [0.15, 0.2) is 5.82 Å².